The molecule has 2 N–H and O–H groups in total. The van der Waals surface area contributed by atoms with Gasteiger partial charge in [-0.25, -0.2) is 9.37 Å². The lowest BCUT2D eigenvalue weighted by Gasteiger charge is -2.10. The molecular weight excluding hydrogens is 245 g/mol. The number of benzene rings is 1. The van der Waals surface area contributed by atoms with E-state index in [-0.39, 0.29) is 17.2 Å². The van der Waals surface area contributed by atoms with Gasteiger partial charge in [-0.3, -0.25) is 0 Å². The number of nitrogens with zero attached hydrogens (tertiary/aromatic N) is 2. The fraction of sp³-hybridized carbons (Fsp3) is 0.143. The molecule has 0 bridgehead atoms. The molecule has 0 aliphatic carbocycles. The molecule has 2 rings (SSSR count). The summed E-state index contributed by atoms with van der Waals surface area (Å²) in [6.07, 6.45) is 0. The maximum Gasteiger partial charge on any atom is 0.237 e. The van der Waals surface area contributed by atoms with E-state index < -0.39 is 5.82 Å². The second-order valence-electron chi connectivity index (χ2n) is 4.16. The van der Waals surface area contributed by atoms with E-state index in [1.54, 1.807) is 26.0 Å². The average molecular weight is 257 g/mol. The number of halogens is 1. The van der Waals surface area contributed by atoms with Crippen LogP contribution < -0.4 is 10.5 Å². The lowest BCUT2D eigenvalue weighted by atomic mass is 10.2. The van der Waals surface area contributed by atoms with Crippen LogP contribution in [0.3, 0.4) is 0 Å². The van der Waals surface area contributed by atoms with E-state index >= 15 is 0 Å². The monoisotopic (exact) mass is 257 g/mol. The molecule has 19 heavy (non-hydrogen) atoms. The third-order valence-corrected chi connectivity index (χ3v) is 2.65. The van der Waals surface area contributed by atoms with Crippen molar-refractivity contribution in [1.29, 1.82) is 5.26 Å². The lowest BCUT2D eigenvalue weighted by Crippen LogP contribution is -1.98. The molecule has 0 radical (unpaired) electrons. The topological polar surface area (TPSA) is 71.9 Å². The van der Waals surface area contributed by atoms with Crippen LogP contribution in [0.15, 0.2) is 24.3 Å². The molecule has 5 heteroatoms. The van der Waals surface area contributed by atoms with Crippen LogP contribution in [0, 0.1) is 31.0 Å². The van der Waals surface area contributed by atoms with E-state index in [2.05, 4.69) is 4.98 Å². The Kier molecular flexibility index (Phi) is 3.34. The number of hydrogen-bond acceptors (Lipinski definition) is 4. The first-order valence-electron chi connectivity index (χ1n) is 5.62. The maximum absolute atomic E-state index is 13.7. The van der Waals surface area contributed by atoms with Crippen molar-refractivity contribution < 1.29 is 9.13 Å². The number of rotatable bonds is 2. The van der Waals surface area contributed by atoms with Gasteiger partial charge in [-0.15, -0.1) is 0 Å². The Morgan fingerprint density at radius 3 is 2.74 bits per heavy atom. The van der Waals surface area contributed by atoms with E-state index in [0.29, 0.717) is 16.9 Å². The molecule has 4 nitrogen and oxygen atoms in total. The Bertz CT molecular complexity index is 677. The first kappa shape index (κ1) is 12.8. The predicted octanol–water partition coefficient (Wildman–Crippen LogP) is 3.08. The van der Waals surface area contributed by atoms with Crippen molar-refractivity contribution in [2.75, 3.05) is 5.73 Å². The van der Waals surface area contributed by atoms with Gasteiger partial charge in [0.25, 0.3) is 0 Å². The van der Waals surface area contributed by atoms with Crippen molar-refractivity contribution in [3.63, 3.8) is 0 Å². The number of pyridine rings is 1. The highest BCUT2D eigenvalue weighted by Crippen LogP contribution is 2.29. The molecule has 0 atom stereocenters. The van der Waals surface area contributed by atoms with Crippen molar-refractivity contribution in [3.05, 3.63) is 46.9 Å². The third kappa shape index (κ3) is 2.63. The average Bonchev–Trinajstić information content (AvgIpc) is 2.36. The van der Waals surface area contributed by atoms with Crippen molar-refractivity contribution in [3.8, 4) is 17.7 Å². The normalized spacial score (nSPS) is 10.0. The molecule has 0 unspecified atom stereocenters. The van der Waals surface area contributed by atoms with Gasteiger partial charge in [0, 0.05) is 17.4 Å². The molecular formula is C14H12FN3O. The zero-order valence-electron chi connectivity index (χ0n) is 10.6. The first-order valence-corrected chi connectivity index (χ1v) is 5.62. The Morgan fingerprint density at radius 1 is 1.32 bits per heavy atom. The van der Waals surface area contributed by atoms with Gasteiger partial charge in [-0.2, -0.15) is 5.26 Å². The summed E-state index contributed by atoms with van der Waals surface area (Å²) < 4.78 is 19.1. The van der Waals surface area contributed by atoms with Gasteiger partial charge in [-0.1, -0.05) is 0 Å². The van der Waals surface area contributed by atoms with E-state index in [0.717, 1.165) is 0 Å². The van der Waals surface area contributed by atoms with Gasteiger partial charge in [0.2, 0.25) is 5.88 Å². The molecule has 0 spiro atoms. The van der Waals surface area contributed by atoms with Crippen LogP contribution in [0.5, 0.6) is 11.6 Å². The van der Waals surface area contributed by atoms with Crippen LogP contribution in [-0.4, -0.2) is 4.98 Å². The molecule has 1 aromatic carbocycles. The number of ether oxygens (including phenoxy) is 1. The van der Waals surface area contributed by atoms with Crippen LogP contribution in [0.4, 0.5) is 10.1 Å². The minimum absolute atomic E-state index is 0.00120. The number of hydrogen-bond donors (Lipinski definition) is 1. The summed E-state index contributed by atoms with van der Waals surface area (Å²) in [5.74, 6) is -0.498. The summed E-state index contributed by atoms with van der Waals surface area (Å²) in [4.78, 5) is 4.09. The molecule has 0 saturated carbocycles. The lowest BCUT2D eigenvalue weighted by molar-refractivity contribution is 0.425. The highest BCUT2D eigenvalue weighted by Gasteiger charge is 2.12. The van der Waals surface area contributed by atoms with Gasteiger partial charge < -0.3 is 10.5 Å². The molecule has 0 aliphatic rings. The smallest absolute Gasteiger partial charge is 0.237 e. The summed E-state index contributed by atoms with van der Waals surface area (Å²) in [6.45, 7) is 3.51. The van der Waals surface area contributed by atoms with Crippen molar-refractivity contribution in [2.45, 2.75) is 13.8 Å². The number of nitriles is 1. The summed E-state index contributed by atoms with van der Waals surface area (Å²) in [5.41, 5.74) is 7.58. The van der Waals surface area contributed by atoms with Crippen LogP contribution in [-0.2, 0) is 0 Å². The summed E-state index contributed by atoms with van der Waals surface area (Å²) in [7, 11) is 0. The van der Waals surface area contributed by atoms with Crippen molar-refractivity contribution in [2.24, 2.45) is 0 Å². The largest absolute Gasteiger partial charge is 0.435 e. The second kappa shape index (κ2) is 4.94. The van der Waals surface area contributed by atoms with Gasteiger partial charge >= 0.3 is 0 Å². The Labute approximate surface area is 110 Å². The Balaban J connectivity index is 2.45. The number of aryl methyl sites for hydroxylation is 2. The molecule has 96 valence electrons. The highest BCUT2D eigenvalue weighted by atomic mass is 19.1. The fourth-order valence-corrected chi connectivity index (χ4v) is 1.55. The van der Waals surface area contributed by atoms with Gasteiger partial charge in [0.15, 0.2) is 11.6 Å². The molecule has 1 aromatic heterocycles. The number of nitrogens with two attached hydrogens (primary N) is 1. The maximum atomic E-state index is 13.7. The van der Waals surface area contributed by atoms with E-state index in [1.165, 1.54) is 12.1 Å². The minimum atomic E-state index is -0.588. The fourth-order valence-electron chi connectivity index (χ4n) is 1.55. The SMILES string of the molecule is Cc1ccc(C#N)c(Oc2cc(C)c(N)cc2F)n1. The number of anilines is 1. The summed E-state index contributed by atoms with van der Waals surface area (Å²) >= 11 is 0. The van der Waals surface area contributed by atoms with E-state index in [9.17, 15) is 4.39 Å². The quantitative estimate of drug-likeness (QED) is 0.839. The Hall–Kier alpha value is -2.61. The molecule has 0 amide bonds. The first-order chi connectivity index (χ1) is 9.01. The van der Waals surface area contributed by atoms with E-state index in [4.69, 9.17) is 15.7 Å². The van der Waals surface area contributed by atoms with E-state index in [1.807, 2.05) is 6.07 Å². The third-order valence-electron chi connectivity index (χ3n) is 2.65. The number of aromatic nitrogens is 1. The highest BCUT2D eigenvalue weighted by molar-refractivity contribution is 5.51. The zero-order valence-corrected chi connectivity index (χ0v) is 10.6. The minimum Gasteiger partial charge on any atom is -0.435 e. The standard InChI is InChI=1S/C14H12FN3O/c1-8-5-13(11(15)6-12(8)17)19-14-10(7-16)4-3-9(2)18-14/h3-6H,17H2,1-2H3. The Morgan fingerprint density at radius 2 is 2.05 bits per heavy atom. The van der Waals surface area contributed by atoms with Crippen LogP contribution in [0.25, 0.3) is 0 Å². The molecule has 1 heterocycles. The number of nitrogen functional groups attached to an aromatic ring is 1. The van der Waals surface area contributed by atoms with Crippen molar-refractivity contribution in [1.82, 2.24) is 4.98 Å². The van der Waals surface area contributed by atoms with Gasteiger partial charge in [-0.05, 0) is 37.6 Å². The molecule has 2 aromatic rings. The van der Waals surface area contributed by atoms with Gasteiger partial charge in [0.05, 0.1) is 0 Å². The second-order valence-corrected chi connectivity index (χ2v) is 4.16. The molecule has 0 fully saturated rings. The zero-order chi connectivity index (χ0) is 14.0. The van der Waals surface area contributed by atoms with Crippen LogP contribution in [0.1, 0.15) is 16.8 Å². The predicted molar refractivity (Wildman–Crippen MR) is 69.3 cm³/mol. The van der Waals surface area contributed by atoms with Crippen LogP contribution >= 0.6 is 0 Å². The van der Waals surface area contributed by atoms with Gasteiger partial charge in [0.1, 0.15) is 11.6 Å². The molecule has 0 aliphatic heterocycles. The molecule has 0 saturated heterocycles. The summed E-state index contributed by atoms with van der Waals surface area (Å²) in [5, 5.41) is 8.97. The summed E-state index contributed by atoms with van der Waals surface area (Å²) in [6, 6.07) is 7.90. The van der Waals surface area contributed by atoms with Crippen molar-refractivity contribution >= 4 is 5.69 Å². The van der Waals surface area contributed by atoms with Crippen LogP contribution in [0.2, 0.25) is 0 Å².